The van der Waals surface area contributed by atoms with Gasteiger partial charge in [-0.1, -0.05) is 30.9 Å². The normalized spacial score (nSPS) is 18.1. The Kier molecular flexibility index (Phi) is 9.22. The highest BCUT2D eigenvalue weighted by molar-refractivity contribution is 5.97. The van der Waals surface area contributed by atoms with Gasteiger partial charge in [-0.15, -0.1) is 0 Å². The van der Waals surface area contributed by atoms with E-state index in [0.717, 1.165) is 0 Å². The molecule has 1 aliphatic heterocycles. The van der Waals surface area contributed by atoms with Gasteiger partial charge in [0, 0.05) is 38.4 Å². The molecule has 36 heavy (non-hydrogen) atoms. The third kappa shape index (κ3) is 6.50. The summed E-state index contributed by atoms with van der Waals surface area (Å²) in [5, 5.41) is 12.3. The number of methoxy groups -OCH3 is 1. The molecule has 0 aliphatic carbocycles. The highest BCUT2D eigenvalue weighted by atomic mass is 19.1. The Morgan fingerprint density at radius 1 is 1.44 bits per heavy atom. The minimum absolute atomic E-state index is 0.0728. The quantitative estimate of drug-likeness (QED) is 0.594. The van der Waals surface area contributed by atoms with E-state index < -0.39 is 24.0 Å². The number of aliphatic hydroxyl groups is 1. The second kappa shape index (κ2) is 12.3. The van der Waals surface area contributed by atoms with Crippen molar-refractivity contribution in [2.45, 2.75) is 26.0 Å². The maximum absolute atomic E-state index is 14.0. The number of likely N-dealkylation sites (N-methyl/N-ethyl adjacent to an activating group) is 1. The first-order valence-corrected chi connectivity index (χ1v) is 11.6. The number of benzene rings is 1. The fourth-order valence-corrected chi connectivity index (χ4v) is 3.72. The lowest BCUT2D eigenvalue weighted by Gasteiger charge is -2.37. The van der Waals surface area contributed by atoms with Crippen LogP contribution in [0.15, 0.2) is 36.5 Å². The molecule has 3 amide bonds. The van der Waals surface area contributed by atoms with Crippen molar-refractivity contribution < 1.29 is 28.6 Å². The SMILES string of the molecule is COCC#Cc1cnc2c(c1)C(=O)N([C@H](C)CO)C[C@H](C)[C@H](CN(C)C(=O)Nc1ccccc1F)O2. The molecule has 1 aliphatic rings. The Bertz CT molecular complexity index is 1150. The van der Waals surface area contributed by atoms with Crippen molar-refractivity contribution in [1.82, 2.24) is 14.8 Å². The molecule has 0 unspecified atom stereocenters. The van der Waals surface area contributed by atoms with E-state index in [4.69, 9.17) is 9.47 Å². The molecule has 0 bridgehead atoms. The molecule has 0 fully saturated rings. The zero-order chi connectivity index (χ0) is 26.2. The number of nitrogens with one attached hydrogen (secondary N) is 1. The smallest absolute Gasteiger partial charge is 0.321 e. The zero-order valence-corrected chi connectivity index (χ0v) is 20.8. The van der Waals surface area contributed by atoms with Gasteiger partial charge in [-0.05, 0) is 25.1 Å². The molecule has 0 spiro atoms. The van der Waals surface area contributed by atoms with Crippen LogP contribution in [0.1, 0.15) is 29.8 Å². The van der Waals surface area contributed by atoms with Gasteiger partial charge in [0.05, 0.1) is 24.9 Å². The summed E-state index contributed by atoms with van der Waals surface area (Å²) in [6, 6.07) is 6.56. The third-order valence-electron chi connectivity index (χ3n) is 5.89. The molecule has 2 aromatic rings. The minimum Gasteiger partial charge on any atom is -0.472 e. The van der Waals surface area contributed by atoms with E-state index in [0.29, 0.717) is 5.56 Å². The van der Waals surface area contributed by atoms with Crippen molar-refractivity contribution in [1.29, 1.82) is 0 Å². The monoisotopic (exact) mass is 498 g/mol. The van der Waals surface area contributed by atoms with Gasteiger partial charge in [-0.25, -0.2) is 14.2 Å². The maximum atomic E-state index is 14.0. The van der Waals surface area contributed by atoms with Gasteiger partial charge in [0.25, 0.3) is 5.91 Å². The van der Waals surface area contributed by atoms with E-state index in [-0.39, 0.29) is 55.3 Å². The second-order valence-electron chi connectivity index (χ2n) is 8.72. The topological polar surface area (TPSA) is 104 Å². The highest BCUT2D eigenvalue weighted by Crippen LogP contribution is 2.27. The number of halogens is 1. The fourth-order valence-electron chi connectivity index (χ4n) is 3.72. The molecular weight excluding hydrogens is 467 g/mol. The summed E-state index contributed by atoms with van der Waals surface area (Å²) in [5.41, 5.74) is 0.810. The summed E-state index contributed by atoms with van der Waals surface area (Å²) in [6.45, 7) is 4.10. The molecule has 3 rings (SSSR count). The first-order valence-electron chi connectivity index (χ1n) is 11.6. The summed E-state index contributed by atoms with van der Waals surface area (Å²) < 4.78 is 25.1. The first kappa shape index (κ1) is 26.9. The Morgan fingerprint density at radius 2 is 2.19 bits per heavy atom. The van der Waals surface area contributed by atoms with Crippen LogP contribution in [0.5, 0.6) is 5.88 Å². The molecule has 192 valence electrons. The van der Waals surface area contributed by atoms with Gasteiger partial charge in [0.2, 0.25) is 5.88 Å². The van der Waals surface area contributed by atoms with Gasteiger partial charge in [0.15, 0.2) is 0 Å². The van der Waals surface area contributed by atoms with E-state index in [9.17, 15) is 19.1 Å². The number of hydrogen-bond donors (Lipinski definition) is 2. The van der Waals surface area contributed by atoms with Crippen LogP contribution < -0.4 is 10.1 Å². The van der Waals surface area contributed by atoms with Gasteiger partial charge in [-0.2, -0.15) is 0 Å². The van der Waals surface area contributed by atoms with Crippen molar-refractivity contribution in [2.24, 2.45) is 5.92 Å². The summed E-state index contributed by atoms with van der Waals surface area (Å²) in [4.78, 5) is 33.4. The van der Waals surface area contributed by atoms with Gasteiger partial charge in [0.1, 0.15) is 24.1 Å². The third-order valence-corrected chi connectivity index (χ3v) is 5.89. The van der Waals surface area contributed by atoms with Crippen LogP contribution in [0.3, 0.4) is 0 Å². The van der Waals surface area contributed by atoms with Crippen LogP contribution in [0.25, 0.3) is 0 Å². The number of anilines is 1. The molecule has 2 N–H and O–H groups in total. The Labute approximate surface area is 210 Å². The lowest BCUT2D eigenvalue weighted by molar-refractivity contribution is 0.0356. The van der Waals surface area contributed by atoms with E-state index in [2.05, 4.69) is 22.1 Å². The lowest BCUT2D eigenvalue weighted by atomic mass is 10.00. The molecule has 2 heterocycles. The molecule has 0 saturated heterocycles. The van der Waals surface area contributed by atoms with Crippen molar-refractivity contribution in [2.75, 3.05) is 45.8 Å². The van der Waals surface area contributed by atoms with E-state index in [1.54, 1.807) is 31.0 Å². The summed E-state index contributed by atoms with van der Waals surface area (Å²) in [7, 11) is 3.11. The number of hydrogen-bond acceptors (Lipinski definition) is 6. The standard InChI is InChI=1S/C26H31FN4O5/c1-17-14-31(18(2)16-32)25(33)20-12-19(8-7-11-35-4)13-28-24(20)36-23(17)15-30(3)26(34)29-22-10-6-5-9-21(22)27/h5-6,9-10,12-13,17-18,23,32H,11,14-16H2,1-4H3,(H,29,34)/t17-,18+,23-/m0/s1. The molecule has 1 aromatic carbocycles. The van der Waals surface area contributed by atoms with E-state index in [1.165, 1.54) is 36.4 Å². The fraction of sp³-hybridized carbons (Fsp3) is 0.423. The molecule has 3 atom stereocenters. The molecule has 10 heteroatoms. The number of carbonyl (C=O) groups is 2. The number of pyridine rings is 1. The van der Waals surface area contributed by atoms with Gasteiger partial charge in [-0.3, -0.25) is 4.79 Å². The number of urea groups is 1. The average molecular weight is 499 g/mol. The number of para-hydroxylation sites is 1. The number of rotatable bonds is 6. The van der Waals surface area contributed by atoms with E-state index in [1.807, 2.05) is 6.92 Å². The van der Waals surface area contributed by atoms with Crippen molar-refractivity contribution in [3.8, 4) is 17.7 Å². The van der Waals surface area contributed by atoms with Gasteiger partial charge >= 0.3 is 6.03 Å². The Balaban J connectivity index is 1.88. The molecular formula is C26H31FN4O5. The zero-order valence-electron chi connectivity index (χ0n) is 20.8. The van der Waals surface area contributed by atoms with Crippen LogP contribution >= 0.6 is 0 Å². The van der Waals surface area contributed by atoms with Crippen LogP contribution in [0, 0.1) is 23.6 Å². The number of nitrogens with zero attached hydrogens (tertiary/aromatic N) is 3. The second-order valence-corrected chi connectivity index (χ2v) is 8.72. The molecule has 0 radical (unpaired) electrons. The Hall–Kier alpha value is -3.68. The molecule has 1 aromatic heterocycles. The van der Waals surface area contributed by atoms with Crippen LogP contribution in [0.4, 0.5) is 14.9 Å². The number of aromatic nitrogens is 1. The number of amides is 3. The lowest BCUT2D eigenvalue weighted by Crippen LogP contribution is -2.50. The number of fused-ring (bicyclic) bond motifs is 1. The van der Waals surface area contributed by atoms with Crippen LogP contribution in [-0.4, -0.2) is 84.4 Å². The number of ether oxygens (including phenoxy) is 2. The van der Waals surface area contributed by atoms with Crippen LogP contribution in [-0.2, 0) is 4.74 Å². The predicted octanol–water partition coefficient (Wildman–Crippen LogP) is 2.60. The molecule has 0 saturated carbocycles. The predicted molar refractivity (Wildman–Crippen MR) is 132 cm³/mol. The number of carbonyl (C=O) groups excluding carboxylic acids is 2. The summed E-state index contributed by atoms with van der Waals surface area (Å²) in [5.74, 6) is 4.76. The maximum Gasteiger partial charge on any atom is 0.321 e. The minimum atomic E-state index is -0.542. The first-order chi connectivity index (χ1) is 17.2. The average Bonchev–Trinajstić information content (AvgIpc) is 2.87. The van der Waals surface area contributed by atoms with Crippen molar-refractivity contribution in [3.05, 3.63) is 53.5 Å². The number of aliphatic hydroxyl groups excluding tert-OH is 1. The highest BCUT2D eigenvalue weighted by Gasteiger charge is 2.34. The largest absolute Gasteiger partial charge is 0.472 e. The molecule has 9 nitrogen and oxygen atoms in total. The van der Waals surface area contributed by atoms with Crippen molar-refractivity contribution >= 4 is 17.6 Å². The van der Waals surface area contributed by atoms with Crippen molar-refractivity contribution in [3.63, 3.8) is 0 Å². The van der Waals surface area contributed by atoms with E-state index >= 15 is 0 Å². The van der Waals surface area contributed by atoms with Gasteiger partial charge < -0.3 is 29.7 Å². The Morgan fingerprint density at radius 3 is 2.89 bits per heavy atom. The summed E-state index contributed by atoms with van der Waals surface area (Å²) >= 11 is 0. The van der Waals surface area contributed by atoms with Crippen LogP contribution in [0.2, 0.25) is 0 Å². The summed E-state index contributed by atoms with van der Waals surface area (Å²) in [6.07, 6.45) is 0.964.